The van der Waals surface area contributed by atoms with Gasteiger partial charge in [0.15, 0.2) is 11.6 Å². The average Bonchev–Trinajstić information content (AvgIpc) is 3.47. The molecule has 5 rings (SSSR count). The smallest absolute Gasteiger partial charge is 0.159 e. The van der Waals surface area contributed by atoms with E-state index in [1.807, 2.05) is 35.0 Å². The molecular formula is C22H21N5O. The Morgan fingerprint density at radius 2 is 1.86 bits per heavy atom. The molecule has 6 nitrogen and oxygen atoms in total. The van der Waals surface area contributed by atoms with E-state index in [0.29, 0.717) is 12.5 Å². The molecule has 0 aliphatic heterocycles. The van der Waals surface area contributed by atoms with Crippen molar-refractivity contribution in [3.63, 3.8) is 0 Å². The van der Waals surface area contributed by atoms with E-state index >= 15 is 0 Å². The van der Waals surface area contributed by atoms with Crippen molar-refractivity contribution in [2.24, 2.45) is 5.92 Å². The molecule has 1 saturated carbocycles. The van der Waals surface area contributed by atoms with Crippen LogP contribution in [0.1, 0.15) is 18.7 Å². The highest BCUT2D eigenvalue weighted by Crippen LogP contribution is 2.34. The Bertz CT molecular complexity index is 1120. The molecule has 1 N–H and O–H groups in total. The van der Waals surface area contributed by atoms with E-state index in [1.165, 1.54) is 12.8 Å². The zero-order valence-corrected chi connectivity index (χ0v) is 15.5. The predicted molar refractivity (Wildman–Crippen MR) is 108 cm³/mol. The number of rotatable bonds is 6. The molecule has 4 aromatic rings. The van der Waals surface area contributed by atoms with Crippen LogP contribution in [-0.2, 0) is 13.0 Å². The number of hydrogen-bond donors (Lipinski definition) is 1. The summed E-state index contributed by atoms with van der Waals surface area (Å²) in [6.45, 7) is 0.452. The van der Waals surface area contributed by atoms with Crippen molar-refractivity contribution in [3.8, 4) is 22.6 Å². The fourth-order valence-corrected chi connectivity index (χ4v) is 3.54. The molecule has 3 heterocycles. The summed E-state index contributed by atoms with van der Waals surface area (Å²) in [6, 6.07) is 14.1. The summed E-state index contributed by atoms with van der Waals surface area (Å²) in [5.41, 5.74) is 3.78. The Labute approximate surface area is 162 Å². The minimum Gasteiger partial charge on any atom is -0.394 e. The molecule has 0 amide bonds. The maximum Gasteiger partial charge on any atom is 0.159 e. The highest BCUT2D eigenvalue weighted by atomic mass is 16.3. The minimum absolute atomic E-state index is 0.0272. The van der Waals surface area contributed by atoms with Crippen molar-refractivity contribution in [1.29, 1.82) is 0 Å². The third-order valence-corrected chi connectivity index (χ3v) is 5.13. The first kappa shape index (κ1) is 17.0. The highest BCUT2D eigenvalue weighted by molar-refractivity contribution is 5.95. The monoisotopic (exact) mass is 371 g/mol. The van der Waals surface area contributed by atoms with Crippen molar-refractivity contribution >= 4 is 10.9 Å². The summed E-state index contributed by atoms with van der Waals surface area (Å²) in [6.07, 6.45) is 6.97. The number of aliphatic hydroxyl groups is 1. The topological polar surface area (TPSA) is 76.7 Å². The van der Waals surface area contributed by atoms with Crippen molar-refractivity contribution < 1.29 is 5.11 Å². The number of nitrogens with zero attached hydrogens (tertiary/aromatic N) is 5. The number of fused-ring (bicyclic) bond motifs is 1. The second-order valence-corrected chi connectivity index (χ2v) is 7.25. The van der Waals surface area contributed by atoms with Crippen LogP contribution in [0.5, 0.6) is 0 Å². The molecule has 0 saturated heterocycles. The first-order chi connectivity index (χ1) is 13.8. The summed E-state index contributed by atoms with van der Waals surface area (Å²) in [7, 11) is 0. The minimum atomic E-state index is 0.0272. The fourth-order valence-electron chi connectivity index (χ4n) is 3.54. The lowest BCUT2D eigenvalue weighted by molar-refractivity contribution is 0.270. The first-order valence-electron chi connectivity index (χ1n) is 9.67. The van der Waals surface area contributed by atoms with Crippen molar-refractivity contribution in [1.82, 2.24) is 24.7 Å². The second kappa shape index (κ2) is 7.13. The molecule has 140 valence electrons. The quantitative estimate of drug-likeness (QED) is 0.561. The molecular weight excluding hydrogens is 350 g/mol. The van der Waals surface area contributed by atoms with E-state index in [4.69, 9.17) is 9.97 Å². The van der Waals surface area contributed by atoms with Gasteiger partial charge in [0.1, 0.15) is 0 Å². The maximum atomic E-state index is 9.53. The first-order valence-corrected chi connectivity index (χ1v) is 9.67. The zero-order chi connectivity index (χ0) is 18.9. The van der Waals surface area contributed by atoms with Crippen molar-refractivity contribution in [2.45, 2.75) is 25.8 Å². The van der Waals surface area contributed by atoms with Crippen molar-refractivity contribution in [2.75, 3.05) is 6.61 Å². The molecule has 1 aromatic carbocycles. The van der Waals surface area contributed by atoms with Crippen LogP contribution in [0.4, 0.5) is 0 Å². The molecule has 1 aliphatic rings. The third kappa shape index (κ3) is 3.27. The lowest BCUT2D eigenvalue weighted by Crippen LogP contribution is -2.07. The third-order valence-electron chi connectivity index (χ3n) is 5.13. The summed E-state index contributed by atoms with van der Waals surface area (Å²) in [5.74, 6) is 2.36. The van der Waals surface area contributed by atoms with Gasteiger partial charge in [0.25, 0.3) is 0 Å². The van der Waals surface area contributed by atoms with Gasteiger partial charge in [-0.25, -0.2) is 14.6 Å². The van der Waals surface area contributed by atoms with E-state index in [0.717, 1.165) is 45.8 Å². The van der Waals surface area contributed by atoms with Gasteiger partial charge in [0, 0.05) is 35.3 Å². The lowest BCUT2D eigenvalue weighted by atomic mass is 10.0. The van der Waals surface area contributed by atoms with E-state index in [2.05, 4.69) is 22.2 Å². The van der Waals surface area contributed by atoms with Crippen LogP contribution in [0.15, 0.2) is 54.9 Å². The van der Waals surface area contributed by atoms with Crippen LogP contribution in [-0.4, -0.2) is 36.4 Å². The molecule has 0 spiro atoms. The Morgan fingerprint density at radius 3 is 2.64 bits per heavy atom. The second-order valence-electron chi connectivity index (χ2n) is 7.25. The summed E-state index contributed by atoms with van der Waals surface area (Å²) < 4.78 is 1.83. The van der Waals surface area contributed by atoms with Crippen LogP contribution in [0.3, 0.4) is 0 Å². The van der Waals surface area contributed by atoms with Crippen molar-refractivity contribution in [3.05, 3.63) is 60.7 Å². The number of aromatic nitrogens is 5. The number of aliphatic hydroxyl groups excluding tert-OH is 1. The Balaban J connectivity index is 1.70. The van der Waals surface area contributed by atoms with Gasteiger partial charge >= 0.3 is 0 Å². The zero-order valence-electron chi connectivity index (χ0n) is 15.5. The van der Waals surface area contributed by atoms with Crippen LogP contribution < -0.4 is 0 Å². The number of hydrogen-bond acceptors (Lipinski definition) is 5. The van der Waals surface area contributed by atoms with Gasteiger partial charge in [-0.2, -0.15) is 5.10 Å². The summed E-state index contributed by atoms with van der Waals surface area (Å²) in [5, 5.41) is 15.2. The standard InChI is InChI=1S/C22H21N5O/c28-12-11-27-22(25-21(26-27)13-15-5-6-15)18-14-20(16-7-9-23-10-8-16)24-19-4-2-1-3-17(18)19/h1-4,7-10,14-15,28H,5-6,11-13H2. The van der Waals surface area contributed by atoms with Crippen LogP contribution in [0, 0.1) is 5.92 Å². The largest absolute Gasteiger partial charge is 0.394 e. The average molecular weight is 371 g/mol. The molecule has 28 heavy (non-hydrogen) atoms. The van der Waals surface area contributed by atoms with Crippen LogP contribution in [0.25, 0.3) is 33.5 Å². The molecule has 0 radical (unpaired) electrons. The van der Waals surface area contributed by atoms with E-state index in [1.54, 1.807) is 12.4 Å². The highest BCUT2D eigenvalue weighted by Gasteiger charge is 2.25. The van der Waals surface area contributed by atoms with Gasteiger partial charge in [-0.05, 0) is 43.0 Å². The Hall–Kier alpha value is -3.12. The molecule has 0 atom stereocenters. The summed E-state index contributed by atoms with van der Waals surface area (Å²) >= 11 is 0. The fraction of sp³-hybridized carbons (Fsp3) is 0.273. The van der Waals surface area contributed by atoms with Gasteiger partial charge in [0.05, 0.1) is 24.4 Å². The normalized spacial score (nSPS) is 13.9. The van der Waals surface area contributed by atoms with E-state index in [-0.39, 0.29) is 6.61 Å². The van der Waals surface area contributed by atoms with Gasteiger partial charge in [-0.1, -0.05) is 18.2 Å². The number of pyridine rings is 2. The van der Waals surface area contributed by atoms with E-state index in [9.17, 15) is 5.11 Å². The molecule has 3 aromatic heterocycles. The maximum absolute atomic E-state index is 9.53. The number of benzene rings is 1. The van der Waals surface area contributed by atoms with Gasteiger partial charge in [-0.15, -0.1) is 0 Å². The lowest BCUT2D eigenvalue weighted by Gasteiger charge is -2.10. The van der Waals surface area contributed by atoms with Gasteiger partial charge < -0.3 is 5.11 Å². The van der Waals surface area contributed by atoms with Crippen LogP contribution >= 0.6 is 0 Å². The van der Waals surface area contributed by atoms with Gasteiger partial charge in [-0.3, -0.25) is 4.98 Å². The number of para-hydroxylation sites is 1. The predicted octanol–water partition coefficient (Wildman–Crippen LogP) is 3.50. The molecule has 1 fully saturated rings. The molecule has 1 aliphatic carbocycles. The summed E-state index contributed by atoms with van der Waals surface area (Å²) in [4.78, 5) is 13.8. The Kier molecular flexibility index (Phi) is 4.33. The van der Waals surface area contributed by atoms with Crippen LogP contribution in [0.2, 0.25) is 0 Å². The van der Waals surface area contributed by atoms with E-state index < -0.39 is 0 Å². The molecule has 0 bridgehead atoms. The SMILES string of the molecule is OCCn1nc(CC2CC2)nc1-c1cc(-c2ccncc2)nc2ccccc12. The molecule has 0 unspecified atom stereocenters. The Morgan fingerprint density at radius 1 is 1.04 bits per heavy atom. The van der Waals surface area contributed by atoms with Gasteiger partial charge in [0.2, 0.25) is 0 Å². The molecule has 6 heteroatoms.